The molecular weight excluding hydrogens is 658 g/mol. The van der Waals surface area contributed by atoms with Gasteiger partial charge in [0, 0.05) is 37.6 Å². The molecule has 3 amide bonds. The normalized spacial score (nSPS) is 24.4. The maximum Gasteiger partial charge on any atom is 0.408 e. The molecule has 51 heavy (non-hydrogen) atoms. The summed E-state index contributed by atoms with van der Waals surface area (Å²) in [4.78, 5) is 63.1. The molecule has 1 aliphatic carbocycles. The number of carbonyl (C=O) groups is 4. The molecule has 0 unspecified atom stereocenters. The molecule has 0 spiro atoms. The van der Waals surface area contributed by atoms with Crippen LogP contribution in [-0.2, 0) is 28.6 Å². The molecule has 2 saturated heterocycles. The average Bonchev–Trinajstić information content (AvgIpc) is 3.64. The number of esters is 1. The minimum absolute atomic E-state index is 0.0411. The quantitative estimate of drug-likeness (QED) is 0.312. The number of ether oxygens (including phenoxy) is 5. The molecule has 3 fully saturated rings. The third kappa shape index (κ3) is 8.66. The number of rotatable bonds is 12. The first-order valence-electron chi connectivity index (χ1n) is 17.7. The predicted molar refractivity (Wildman–Crippen MR) is 188 cm³/mol. The second-order valence-corrected chi connectivity index (χ2v) is 15.4. The summed E-state index contributed by atoms with van der Waals surface area (Å²) in [6.45, 7) is 14.4. The highest BCUT2D eigenvalue weighted by Crippen LogP contribution is 2.47. The molecule has 1 aromatic carbocycles. The average molecular weight is 712 g/mol. The lowest BCUT2D eigenvalue weighted by atomic mass is 9.85. The van der Waals surface area contributed by atoms with Gasteiger partial charge in [0.2, 0.25) is 17.7 Å². The number of hydrogen-bond donors (Lipinski definition) is 2. The van der Waals surface area contributed by atoms with E-state index < -0.39 is 58.6 Å². The number of nitrogens with zero attached hydrogens (tertiary/aromatic N) is 3. The van der Waals surface area contributed by atoms with Crippen LogP contribution in [0.1, 0.15) is 60.8 Å². The Hall–Kier alpha value is -4.17. The van der Waals surface area contributed by atoms with Crippen molar-refractivity contribution < 1.29 is 42.9 Å². The van der Waals surface area contributed by atoms with Crippen LogP contribution < -0.4 is 20.1 Å². The molecule has 2 aromatic rings. The number of benzene rings is 1. The summed E-state index contributed by atoms with van der Waals surface area (Å²) < 4.78 is 28.2. The number of alkyl carbamates (subject to hydrolysis) is 1. The summed E-state index contributed by atoms with van der Waals surface area (Å²) in [5.41, 5.74) is -2.76. The van der Waals surface area contributed by atoms with E-state index >= 15 is 0 Å². The number of hydrogen-bond acceptors (Lipinski definition) is 11. The second kappa shape index (κ2) is 15.2. The SMILES string of the molecule is CC[C@@H]1C[C@]1(NC(=O)[C@@H]1C[C@@H](Oc2nccc3cc(OC)ccc23)CN1C(=O)[C@@H](NC(=O)OC(C)(C)CN1CCOCC1)C(C)(C)C)C(=O)OC. The van der Waals surface area contributed by atoms with Crippen molar-refractivity contribution in [3.8, 4) is 11.6 Å². The van der Waals surface area contributed by atoms with Gasteiger partial charge < -0.3 is 39.2 Å². The van der Waals surface area contributed by atoms with E-state index in [0.29, 0.717) is 44.2 Å². The Morgan fingerprint density at radius 3 is 2.43 bits per heavy atom. The van der Waals surface area contributed by atoms with Gasteiger partial charge in [-0.3, -0.25) is 14.5 Å². The lowest BCUT2D eigenvalue weighted by Gasteiger charge is -2.37. The fourth-order valence-corrected chi connectivity index (χ4v) is 7.19. The van der Waals surface area contributed by atoms with Gasteiger partial charge in [0.05, 0.1) is 34.0 Å². The van der Waals surface area contributed by atoms with Crippen LogP contribution in [0.25, 0.3) is 10.8 Å². The number of morpholine rings is 1. The van der Waals surface area contributed by atoms with Gasteiger partial charge in [-0.15, -0.1) is 0 Å². The Kier molecular flexibility index (Phi) is 11.4. The van der Waals surface area contributed by atoms with Crippen LogP contribution >= 0.6 is 0 Å². The summed E-state index contributed by atoms with van der Waals surface area (Å²) in [7, 11) is 2.89. The largest absolute Gasteiger partial charge is 0.497 e. The summed E-state index contributed by atoms with van der Waals surface area (Å²) in [5.74, 6) is -0.524. The molecule has 1 aromatic heterocycles. The zero-order chi connectivity index (χ0) is 37.1. The Morgan fingerprint density at radius 2 is 1.80 bits per heavy atom. The van der Waals surface area contributed by atoms with Crippen molar-refractivity contribution in [2.24, 2.45) is 11.3 Å². The van der Waals surface area contributed by atoms with Gasteiger partial charge in [-0.2, -0.15) is 0 Å². The van der Waals surface area contributed by atoms with Crippen LogP contribution in [0.4, 0.5) is 4.79 Å². The van der Waals surface area contributed by atoms with Gasteiger partial charge in [0.15, 0.2) is 0 Å². The zero-order valence-electron chi connectivity index (χ0n) is 31.1. The molecule has 3 heterocycles. The molecule has 0 radical (unpaired) electrons. The Balaban J connectivity index is 1.39. The number of methoxy groups -OCH3 is 2. The van der Waals surface area contributed by atoms with Crippen molar-refractivity contribution in [3.63, 3.8) is 0 Å². The molecule has 2 aliphatic heterocycles. The summed E-state index contributed by atoms with van der Waals surface area (Å²) in [6, 6.07) is 5.32. The zero-order valence-corrected chi connectivity index (χ0v) is 31.1. The lowest BCUT2D eigenvalue weighted by Crippen LogP contribution is -2.60. The molecular formula is C37H53N5O9. The summed E-state index contributed by atoms with van der Waals surface area (Å²) in [6.07, 6.45) is 1.52. The van der Waals surface area contributed by atoms with Crippen LogP contribution in [0.15, 0.2) is 30.5 Å². The van der Waals surface area contributed by atoms with Crippen molar-refractivity contribution >= 4 is 34.6 Å². The molecule has 5 atom stereocenters. The molecule has 1 saturated carbocycles. The smallest absolute Gasteiger partial charge is 0.408 e. The van der Waals surface area contributed by atoms with E-state index in [9.17, 15) is 19.2 Å². The highest BCUT2D eigenvalue weighted by Gasteiger charge is 2.62. The van der Waals surface area contributed by atoms with Crippen molar-refractivity contribution in [1.82, 2.24) is 25.4 Å². The van der Waals surface area contributed by atoms with Crippen LogP contribution in [-0.4, -0.2) is 122 Å². The van der Waals surface area contributed by atoms with Gasteiger partial charge in [-0.25, -0.2) is 14.6 Å². The van der Waals surface area contributed by atoms with Gasteiger partial charge in [0.25, 0.3) is 0 Å². The number of nitrogens with one attached hydrogen (secondary N) is 2. The topological polar surface area (TPSA) is 158 Å². The van der Waals surface area contributed by atoms with E-state index in [1.165, 1.54) is 12.0 Å². The van der Waals surface area contributed by atoms with Crippen molar-refractivity contribution in [2.75, 3.05) is 53.6 Å². The van der Waals surface area contributed by atoms with Crippen molar-refractivity contribution in [3.05, 3.63) is 30.5 Å². The summed E-state index contributed by atoms with van der Waals surface area (Å²) >= 11 is 0. The summed E-state index contributed by atoms with van der Waals surface area (Å²) in [5, 5.41) is 7.36. The molecule has 5 rings (SSSR count). The number of amides is 3. The van der Waals surface area contributed by atoms with Crippen LogP contribution in [0.5, 0.6) is 11.6 Å². The first-order chi connectivity index (χ1) is 24.1. The number of likely N-dealkylation sites (tertiary alicyclic amines) is 1. The number of aromatic nitrogens is 1. The van der Waals surface area contributed by atoms with Gasteiger partial charge in [-0.05, 0) is 61.3 Å². The fraction of sp³-hybridized carbons (Fsp3) is 0.649. The molecule has 280 valence electrons. The van der Waals surface area contributed by atoms with E-state index in [1.807, 2.05) is 65.8 Å². The molecule has 14 nitrogen and oxygen atoms in total. The highest BCUT2D eigenvalue weighted by molar-refractivity contribution is 5.96. The third-order valence-corrected chi connectivity index (χ3v) is 10.0. The lowest BCUT2D eigenvalue weighted by molar-refractivity contribution is -0.148. The van der Waals surface area contributed by atoms with Gasteiger partial charge in [0.1, 0.15) is 35.1 Å². The highest BCUT2D eigenvalue weighted by atomic mass is 16.6. The van der Waals surface area contributed by atoms with E-state index in [4.69, 9.17) is 23.7 Å². The Bertz CT molecular complexity index is 1600. The molecule has 14 heteroatoms. The Morgan fingerprint density at radius 1 is 1.08 bits per heavy atom. The van der Waals surface area contributed by atoms with Crippen LogP contribution in [0.3, 0.4) is 0 Å². The minimum atomic E-state index is -1.15. The maximum atomic E-state index is 14.6. The number of fused-ring (bicyclic) bond motifs is 1. The van der Waals surface area contributed by atoms with Crippen molar-refractivity contribution in [1.29, 1.82) is 0 Å². The Labute approximate surface area is 299 Å². The third-order valence-electron chi connectivity index (χ3n) is 10.0. The number of pyridine rings is 1. The van der Waals surface area contributed by atoms with E-state index in [2.05, 4.69) is 20.5 Å². The monoisotopic (exact) mass is 711 g/mol. The molecule has 3 aliphatic rings. The first-order valence-corrected chi connectivity index (χ1v) is 17.7. The standard InChI is InChI=1S/C37H53N5O9/c1-9-24-20-37(24,33(45)48-8)40-30(43)28-19-26(50-31-27-11-10-25(47-7)18-23(27)12-13-38-31)21-42(28)32(44)29(35(2,3)4)39-34(46)51-36(5,6)22-41-14-16-49-17-15-41/h10-13,18,24,26,28-29H,9,14-17,19-22H2,1-8H3,(H,39,46)(H,40,43)/t24-,26-,28+,29-,37-/m1/s1. The van der Waals surface area contributed by atoms with Gasteiger partial charge >= 0.3 is 12.1 Å². The molecule has 0 bridgehead atoms. The fourth-order valence-electron chi connectivity index (χ4n) is 7.19. The van der Waals surface area contributed by atoms with Crippen molar-refractivity contribution in [2.45, 2.75) is 90.1 Å². The predicted octanol–water partition coefficient (Wildman–Crippen LogP) is 3.30. The van der Waals surface area contributed by atoms with E-state index in [1.54, 1.807) is 13.3 Å². The molecule has 2 N–H and O–H groups in total. The van der Waals surface area contributed by atoms with E-state index in [0.717, 1.165) is 23.9 Å². The van der Waals surface area contributed by atoms with Gasteiger partial charge in [-0.1, -0.05) is 34.1 Å². The number of carbonyl (C=O) groups excluding carboxylic acids is 4. The van der Waals surface area contributed by atoms with Crippen LogP contribution in [0.2, 0.25) is 0 Å². The van der Waals surface area contributed by atoms with Crippen LogP contribution in [0, 0.1) is 11.3 Å². The minimum Gasteiger partial charge on any atom is -0.497 e. The maximum absolute atomic E-state index is 14.6. The first kappa shape index (κ1) is 38.1. The van der Waals surface area contributed by atoms with E-state index in [-0.39, 0.29) is 18.9 Å². The second-order valence-electron chi connectivity index (χ2n) is 15.4.